The number of piperidine rings is 1. The van der Waals surface area contributed by atoms with Gasteiger partial charge in [-0.05, 0) is 55.9 Å². The molecule has 0 radical (unpaired) electrons. The number of anilines is 1. The Hall–Kier alpha value is -3.33. The molecule has 196 valence electrons. The van der Waals surface area contributed by atoms with Crippen LogP contribution in [0.3, 0.4) is 0 Å². The lowest BCUT2D eigenvalue weighted by molar-refractivity contribution is 0.0947. The van der Waals surface area contributed by atoms with Crippen LogP contribution in [0.5, 0.6) is 0 Å². The molecule has 1 amide bonds. The normalized spacial score (nSPS) is 20.3. The van der Waals surface area contributed by atoms with Gasteiger partial charge in [-0.25, -0.2) is 13.5 Å². The molecule has 2 aliphatic rings. The van der Waals surface area contributed by atoms with Gasteiger partial charge in [0.05, 0.1) is 29.2 Å². The van der Waals surface area contributed by atoms with E-state index < -0.39 is 17.9 Å². The predicted octanol–water partition coefficient (Wildman–Crippen LogP) is 4.75. The Labute approximate surface area is 216 Å². The average molecular weight is 509 g/mol. The molecule has 0 spiro atoms. The van der Waals surface area contributed by atoms with Crippen LogP contribution in [0.1, 0.15) is 49.0 Å². The van der Waals surface area contributed by atoms with Crippen molar-refractivity contribution in [3.05, 3.63) is 59.9 Å². The van der Waals surface area contributed by atoms with E-state index in [1.807, 2.05) is 12.3 Å². The zero-order valence-corrected chi connectivity index (χ0v) is 21.5. The van der Waals surface area contributed by atoms with E-state index in [9.17, 15) is 13.6 Å². The number of carbonyl (C=O) groups excluding carboxylic acids is 1. The second-order valence-corrected chi connectivity index (χ2v) is 10.7. The van der Waals surface area contributed by atoms with Crippen molar-refractivity contribution in [1.82, 2.24) is 25.0 Å². The largest absolute Gasteiger partial charge is 0.378 e. The van der Waals surface area contributed by atoms with Gasteiger partial charge in [0.25, 0.3) is 5.91 Å². The van der Waals surface area contributed by atoms with Crippen molar-refractivity contribution in [3.8, 4) is 16.8 Å². The highest BCUT2D eigenvalue weighted by atomic mass is 19.1. The molecule has 1 aromatic carbocycles. The summed E-state index contributed by atoms with van der Waals surface area (Å²) in [4.78, 5) is 19.0. The van der Waals surface area contributed by atoms with Crippen molar-refractivity contribution < 1.29 is 13.6 Å². The number of aryl methyl sites for hydroxylation is 1. The maximum Gasteiger partial charge on any atom is 0.254 e. The highest BCUT2D eigenvalue weighted by Gasteiger charge is 2.29. The summed E-state index contributed by atoms with van der Waals surface area (Å²) < 4.78 is 31.1. The van der Waals surface area contributed by atoms with Gasteiger partial charge in [0.15, 0.2) is 0 Å². The van der Waals surface area contributed by atoms with Crippen molar-refractivity contribution in [3.63, 3.8) is 0 Å². The Morgan fingerprint density at radius 1 is 1.14 bits per heavy atom. The Balaban J connectivity index is 1.31. The van der Waals surface area contributed by atoms with E-state index in [0.717, 1.165) is 49.2 Å². The monoisotopic (exact) mass is 508 g/mol. The molecule has 3 aromatic rings. The van der Waals surface area contributed by atoms with E-state index in [1.54, 1.807) is 36.3 Å². The van der Waals surface area contributed by atoms with E-state index in [0.29, 0.717) is 23.7 Å². The van der Waals surface area contributed by atoms with Gasteiger partial charge < -0.3 is 15.5 Å². The first-order valence-electron chi connectivity index (χ1n) is 13.0. The second kappa shape index (κ2) is 10.6. The molecule has 2 N–H and O–H groups in total. The second-order valence-electron chi connectivity index (χ2n) is 10.7. The van der Waals surface area contributed by atoms with E-state index in [4.69, 9.17) is 0 Å². The minimum Gasteiger partial charge on any atom is -0.378 e. The summed E-state index contributed by atoms with van der Waals surface area (Å²) in [5, 5.41) is 10.6. The van der Waals surface area contributed by atoms with E-state index >= 15 is 0 Å². The summed E-state index contributed by atoms with van der Waals surface area (Å²) in [5.41, 5.74) is 3.71. The van der Waals surface area contributed by atoms with Crippen LogP contribution in [-0.2, 0) is 0 Å². The molecular formula is C28H34F2N6O. The van der Waals surface area contributed by atoms with Crippen molar-refractivity contribution >= 4 is 11.6 Å². The summed E-state index contributed by atoms with van der Waals surface area (Å²) in [6.45, 7) is 8.31. The molecule has 1 aliphatic heterocycles. The molecule has 3 heterocycles. The highest BCUT2D eigenvalue weighted by molar-refractivity contribution is 5.95. The summed E-state index contributed by atoms with van der Waals surface area (Å²) in [5.74, 6) is -0.433. The van der Waals surface area contributed by atoms with Gasteiger partial charge in [-0.15, -0.1) is 0 Å². The van der Waals surface area contributed by atoms with Crippen LogP contribution in [0.25, 0.3) is 16.8 Å². The molecule has 2 atom stereocenters. The van der Waals surface area contributed by atoms with Crippen LogP contribution in [0.2, 0.25) is 0 Å². The van der Waals surface area contributed by atoms with Crippen LogP contribution >= 0.6 is 0 Å². The van der Waals surface area contributed by atoms with Gasteiger partial charge in [-0.3, -0.25) is 9.78 Å². The first-order valence-corrected chi connectivity index (χ1v) is 13.0. The number of carbonyl (C=O) groups is 1. The fraction of sp³-hybridized carbons (Fsp3) is 0.464. The lowest BCUT2D eigenvalue weighted by atomic mass is 10.0. The Morgan fingerprint density at radius 3 is 2.68 bits per heavy atom. The van der Waals surface area contributed by atoms with Gasteiger partial charge in [-0.2, -0.15) is 5.10 Å². The van der Waals surface area contributed by atoms with Gasteiger partial charge in [0.2, 0.25) is 0 Å². The number of likely N-dealkylation sites (tertiary alicyclic amines) is 1. The minimum atomic E-state index is -0.952. The Kier molecular flexibility index (Phi) is 7.24. The minimum absolute atomic E-state index is 0.0117. The SMILES string of the molecule is Cc1cc(F)c(C(=O)NC2CC2)cc1-n1cc(-c2cncc(NC3CCN(CC(C)C)CC3F)c2)cn1. The van der Waals surface area contributed by atoms with Crippen LogP contribution < -0.4 is 10.6 Å². The topological polar surface area (TPSA) is 75.1 Å². The zero-order chi connectivity index (χ0) is 26.1. The summed E-state index contributed by atoms with van der Waals surface area (Å²) in [6, 6.07) is 4.73. The molecule has 1 saturated heterocycles. The molecule has 7 nitrogen and oxygen atoms in total. The van der Waals surface area contributed by atoms with Crippen molar-refractivity contribution in [1.29, 1.82) is 0 Å². The lowest BCUT2D eigenvalue weighted by Crippen LogP contribution is -2.48. The fourth-order valence-electron chi connectivity index (χ4n) is 4.88. The molecular weight excluding hydrogens is 474 g/mol. The maximum atomic E-state index is 14.9. The fourth-order valence-corrected chi connectivity index (χ4v) is 4.88. The molecule has 1 aliphatic carbocycles. The van der Waals surface area contributed by atoms with Crippen LogP contribution in [-0.4, -0.2) is 63.5 Å². The number of hydrogen-bond donors (Lipinski definition) is 2. The number of halogens is 2. The number of amides is 1. The molecule has 2 fully saturated rings. The number of pyridine rings is 1. The summed E-state index contributed by atoms with van der Waals surface area (Å²) in [7, 11) is 0. The maximum absolute atomic E-state index is 14.9. The van der Waals surface area contributed by atoms with Gasteiger partial charge in [0, 0.05) is 55.4 Å². The standard InChI is InChI=1S/C28H34F2N6O/c1-17(2)14-35-7-6-26(25(30)16-35)33-22-9-19(11-31-13-22)20-12-32-36(15-20)27-10-23(24(29)8-18(27)3)28(37)34-21-4-5-21/h8-13,15,17,21,25-26,33H,4-7,14,16H2,1-3H3,(H,34,37). The molecule has 2 aromatic heterocycles. The number of nitrogens with zero attached hydrogens (tertiary/aromatic N) is 4. The number of nitrogens with one attached hydrogen (secondary N) is 2. The van der Waals surface area contributed by atoms with Crippen molar-refractivity contribution in [2.75, 3.05) is 25.0 Å². The van der Waals surface area contributed by atoms with Crippen molar-refractivity contribution in [2.45, 2.75) is 58.3 Å². The van der Waals surface area contributed by atoms with Crippen LogP contribution in [0.15, 0.2) is 43.0 Å². The molecule has 0 bridgehead atoms. The number of alkyl halides is 1. The first kappa shape index (κ1) is 25.3. The van der Waals surface area contributed by atoms with Gasteiger partial charge in [0.1, 0.15) is 12.0 Å². The third kappa shape index (κ3) is 5.98. The van der Waals surface area contributed by atoms with Crippen LogP contribution in [0.4, 0.5) is 14.5 Å². The zero-order valence-electron chi connectivity index (χ0n) is 21.5. The van der Waals surface area contributed by atoms with E-state index in [2.05, 4.69) is 39.5 Å². The molecule has 37 heavy (non-hydrogen) atoms. The van der Waals surface area contributed by atoms with Crippen molar-refractivity contribution in [2.24, 2.45) is 5.92 Å². The molecule has 9 heteroatoms. The third-order valence-electron chi connectivity index (χ3n) is 6.94. The number of benzene rings is 1. The number of hydrogen-bond acceptors (Lipinski definition) is 5. The Bertz CT molecular complexity index is 1270. The average Bonchev–Trinajstić information content (AvgIpc) is 3.52. The van der Waals surface area contributed by atoms with Crippen LogP contribution in [0, 0.1) is 18.7 Å². The van der Waals surface area contributed by atoms with Gasteiger partial charge >= 0.3 is 0 Å². The molecule has 1 saturated carbocycles. The number of rotatable bonds is 8. The predicted molar refractivity (Wildman–Crippen MR) is 140 cm³/mol. The quantitative estimate of drug-likeness (QED) is 0.459. The molecule has 5 rings (SSSR count). The number of aromatic nitrogens is 3. The van der Waals surface area contributed by atoms with E-state index in [-0.39, 0.29) is 17.6 Å². The highest BCUT2D eigenvalue weighted by Crippen LogP contribution is 2.27. The van der Waals surface area contributed by atoms with Gasteiger partial charge in [-0.1, -0.05) is 13.8 Å². The van der Waals surface area contributed by atoms with E-state index in [1.165, 1.54) is 6.07 Å². The lowest BCUT2D eigenvalue weighted by Gasteiger charge is -2.36. The summed E-state index contributed by atoms with van der Waals surface area (Å²) >= 11 is 0. The Morgan fingerprint density at radius 2 is 1.95 bits per heavy atom. The first-order chi connectivity index (χ1) is 17.8. The summed E-state index contributed by atoms with van der Waals surface area (Å²) in [6.07, 6.45) is 8.61. The third-order valence-corrected chi connectivity index (χ3v) is 6.94. The molecule has 2 unspecified atom stereocenters. The smallest absolute Gasteiger partial charge is 0.254 e.